The second-order valence-electron chi connectivity index (χ2n) is 5.82. The third kappa shape index (κ3) is 4.61. The van der Waals surface area contributed by atoms with E-state index in [1.807, 2.05) is 13.0 Å². The summed E-state index contributed by atoms with van der Waals surface area (Å²) in [5, 5.41) is 8.85. The third-order valence-electron chi connectivity index (χ3n) is 3.77. The smallest absolute Gasteiger partial charge is 0.265 e. The van der Waals surface area contributed by atoms with Gasteiger partial charge in [-0.2, -0.15) is 0 Å². The zero-order valence-electron chi connectivity index (χ0n) is 13.9. The van der Waals surface area contributed by atoms with Crippen molar-refractivity contribution in [3.8, 4) is 5.75 Å². The largest absolute Gasteiger partial charge is 0.479 e. The minimum atomic E-state index is -0.492. The van der Waals surface area contributed by atoms with E-state index < -0.39 is 6.10 Å². The fraction of sp³-hybridized carbons (Fsp3) is 0.529. The zero-order valence-corrected chi connectivity index (χ0v) is 13.9. The molecule has 0 aliphatic carbocycles. The highest BCUT2D eigenvalue weighted by Crippen LogP contribution is 2.32. The number of nitrogens with one attached hydrogen (secondary N) is 3. The van der Waals surface area contributed by atoms with Crippen molar-refractivity contribution >= 4 is 23.2 Å². The number of rotatable bonds is 7. The average molecular weight is 319 g/mol. The summed E-state index contributed by atoms with van der Waals surface area (Å²) in [6.07, 6.45) is 2.75. The minimum Gasteiger partial charge on any atom is -0.479 e. The summed E-state index contributed by atoms with van der Waals surface area (Å²) in [5.41, 5.74) is 1.38. The number of carbonyl (C=O) groups excluding carboxylic acids is 2. The average Bonchev–Trinajstić information content (AvgIpc) is 2.52. The van der Waals surface area contributed by atoms with Gasteiger partial charge in [0.1, 0.15) is 11.8 Å². The monoisotopic (exact) mass is 319 g/mol. The van der Waals surface area contributed by atoms with Gasteiger partial charge in [-0.1, -0.05) is 19.8 Å². The Kier molecular flexibility index (Phi) is 5.84. The first-order valence-electron chi connectivity index (χ1n) is 8.17. The Balaban J connectivity index is 1.91. The highest BCUT2D eigenvalue weighted by atomic mass is 16.5. The molecule has 1 aromatic rings. The van der Waals surface area contributed by atoms with Crippen LogP contribution >= 0.6 is 0 Å². The summed E-state index contributed by atoms with van der Waals surface area (Å²) in [6.45, 7) is 6.34. The van der Waals surface area contributed by atoms with Crippen LogP contribution in [0, 0.1) is 0 Å². The number of fused-ring (bicyclic) bond motifs is 1. The van der Waals surface area contributed by atoms with Crippen molar-refractivity contribution in [1.29, 1.82) is 0 Å². The molecule has 1 aliphatic heterocycles. The van der Waals surface area contributed by atoms with Crippen molar-refractivity contribution in [3.05, 3.63) is 18.2 Å². The number of hydrogen-bond acceptors (Lipinski definition) is 4. The van der Waals surface area contributed by atoms with E-state index in [1.165, 1.54) is 0 Å². The van der Waals surface area contributed by atoms with Crippen LogP contribution < -0.4 is 20.7 Å². The van der Waals surface area contributed by atoms with Crippen LogP contribution in [0.25, 0.3) is 0 Å². The Morgan fingerprint density at radius 2 is 2.17 bits per heavy atom. The van der Waals surface area contributed by atoms with Gasteiger partial charge in [0.15, 0.2) is 6.10 Å². The van der Waals surface area contributed by atoms with Gasteiger partial charge in [-0.25, -0.2) is 0 Å². The predicted molar refractivity (Wildman–Crippen MR) is 90.8 cm³/mol. The van der Waals surface area contributed by atoms with Crippen LogP contribution in [-0.2, 0) is 9.59 Å². The molecule has 0 radical (unpaired) electrons. The fourth-order valence-electron chi connectivity index (χ4n) is 2.35. The number of carbonyl (C=O) groups is 2. The summed E-state index contributed by atoms with van der Waals surface area (Å²) in [7, 11) is 0. The lowest BCUT2D eigenvalue weighted by Gasteiger charge is -2.24. The van der Waals surface area contributed by atoms with Gasteiger partial charge < -0.3 is 20.7 Å². The van der Waals surface area contributed by atoms with Gasteiger partial charge in [-0.3, -0.25) is 9.59 Å². The second kappa shape index (κ2) is 7.85. The van der Waals surface area contributed by atoms with Gasteiger partial charge in [0, 0.05) is 12.2 Å². The number of unbranched alkanes of at least 4 members (excludes halogenated alkanes) is 2. The van der Waals surface area contributed by atoms with E-state index in [-0.39, 0.29) is 17.9 Å². The maximum absolute atomic E-state index is 12.0. The molecule has 23 heavy (non-hydrogen) atoms. The molecule has 0 saturated carbocycles. The molecule has 3 N–H and O–H groups in total. The number of ether oxygens (including phenoxy) is 1. The number of amides is 2. The van der Waals surface area contributed by atoms with Crippen LogP contribution in [0.4, 0.5) is 11.4 Å². The fourth-order valence-corrected chi connectivity index (χ4v) is 2.35. The maximum Gasteiger partial charge on any atom is 0.265 e. The Morgan fingerprint density at radius 1 is 1.39 bits per heavy atom. The van der Waals surface area contributed by atoms with E-state index in [1.54, 1.807) is 19.1 Å². The number of anilines is 2. The first kappa shape index (κ1) is 17.1. The van der Waals surface area contributed by atoms with Crippen molar-refractivity contribution in [2.24, 2.45) is 0 Å². The van der Waals surface area contributed by atoms with E-state index in [9.17, 15) is 9.59 Å². The van der Waals surface area contributed by atoms with E-state index in [0.717, 1.165) is 24.9 Å². The van der Waals surface area contributed by atoms with Crippen LogP contribution in [-0.4, -0.2) is 30.5 Å². The summed E-state index contributed by atoms with van der Waals surface area (Å²) < 4.78 is 5.51. The van der Waals surface area contributed by atoms with E-state index in [4.69, 9.17) is 4.74 Å². The summed E-state index contributed by atoms with van der Waals surface area (Å²) in [5.74, 6) is 0.434. The minimum absolute atomic E-state index is 0.0345. The lowest BCUT2D eigenvalue weighted by atomic mass is 10.2. The highest BCUT2D eigenvalue weighted by molar-refractivity contribution is 5.98. The molecule has 2 amide bonds. The molecule has 0 saturated heterocycles. The van der Waals surface area contributed by atoms with Crippen molar-refractivity contribution in [2.75, 3.05) is 17.2 Å². The molecule has 0 bridgehead atoms. The predicted octanol–water partition coefficient (Wildman–Crippen LogP) is 2.51. The molecule has 2 rings (SSSR count). The molecule has 0 aromatic heterocycles. The zero-order chi connectivity index (χ0) is 16.8. The lowest BCUT2D eigenvalue weighted by molar-refractivity contribution is -0.123. The Labute approximate surface area is 137 Å². The Morgan fingerprint density at radius 3 is 2.91 bits per heavy atom. The topological polar surface area (TPSA) is 79.5 Å². The van der Waals surface area contributed by atoms with Crippen LogP contribution in [0.15, 0.2) is 18.2 Å². The molecule has 126 valence electrons. The second-order valence-corrected chi connectivity index (χ2v) is 5.82. The molecule has 6 heteroatoms. The van der Waals surface area contributed by atoms with Crippen LogP contribution in [0.3, 0.4) is 0 Å². The number of hydrogen-bond donors (Lipinski definition) is 3. The van der Waals surface area contributed by atoms with Gasteiger partial charge in [0.05, 0.1) is 5.69 Å². The SMILES string of the molecule is CCCCCNC(=O)C(C)Nc1ccc2c(c1)NC(=O)C(C)O2. The standard InChI is InChI=1S/C17H25N3O3/c1-4-5-6-9-18-16(21)11(2)19-13-7-8-15-14(10-13)20-17(22)12(3)23-15/h7-8,10-12,19H,4-6,9H2,1-3H3,(H,18,21)(H,20,22). The van der Waals surface area contributed by atoms with Gasteiger partial charge in [-0.05, 0) is 38.5 Å². The summed E-state index contributed by atoms with van der Waals surface area (Å²) >= 11 is 0. The van der Waals surface area contributed by atoms with Gasteiger partial charge >= 0.3 is 0 Å². The van der Waals surface area contributed by atoms with E-state index in [0.29, 0.717) is 18.0 Å². The van der Waals surface area contributed by atoms with Crippen LogP contribution in [0.1, 0.15) is 40.0 Å². The molecule has 1 aliphatic rings. The molecule has 1 heterocycles. The number of benzene rings is 1. The quantitative estimate of drug-likeness (QED) is 0.675. The molecule has 1 aromatic carbocycles. The van der Waals surface area contributed by atoms with E-state index >= 15 is 0 Å². The molecule has 0 spiro atoms. The Hall–Kier alpha value is -2.24. The normalized spacial score (nSPS) is 17.5. The lowest BCUT2D eigenvalue weighted by Crippen LogP contribution is -2.38. The first-order chi connectivity index (χ1) is 11.0. The molecule has 2 atom stereocenters. The molecule has 6 nitrogen and oxygen atoms in total. The molecular formula is C17H25N3O3. The van der Waals surface area contributed by atoms with Crippen LogP contribution in [0.2, 0.25) is 0 Å². The van der Waals surface area contributed by atoms with Crippen molar-refractivity contribution in [2.45, 2.75) is 52.2 Å². The summed E-state index contributed by atoms with van der Waals surface area (Å²) in [6, 6.07) is 5.05. The van der Waals surface area contributed by atoms with Crippen molar-refractivity contribution < 1.29 is 14.3 Å². The third-order valence-corrected chi connectivity index (χ3v) is 3.77. The first-order valence-corrected chi connectivity index (χ1v) is 8.17. The molecular weight excluding hydrogens is 294 g/mol. The van der Waals surface area contributed by atoms with Crippen molar-refractivity contribution in [3.63, 3.8) is 0 Å². The van der Waals surface area contributed by atoms with Gasteiger partial charge in [0.25, 0.3) is 5.91 Å². The molecule has 0 fully saturated rings. The van der Waals surface area contributed by atoms with Gasteiger partial charge in [0.2, 0.25) is 5.91 Å². The van der Waals surface area contributed by atoms with Gasteiger partial charge in [-0.15, -0.1) is 0 Å². The van der Waals surface area contributed by atoms with E-state index in [2.05, 4.69) is 22.9 Å². The van der Waals surface area contributed by atoms with Crippen LogP contribution in [0.5, 0.6) is 5.75 Å². The summed E-state index contributed by atoms with van der Waals surface area (Å²) in [4.78, 5) is 23.7. The Bertz CT molecular complexity index is 574. The maximum atomic E-state index is 12.0. The highest BCUT2D eigenvalue weighted by Gasteiger charge is 2.23. The molecule has 2 unspecified atom stereocenters. The van der Waals surface area contributed by atoms with Crippen molar-refractivity contribution in [1.82, 2.24) is 5.32 Å².